The normalized spacial score (nSPS) is 15.8. The molecule has 0 radical (unpaired) electrons. The standard InChI is InChI=1S/C19H22FN5O4/c1-3-29-19(27)25-7-6-12(10-25)23-18-22-9-14(17(21)24-18)16(26)13-8-11(20)4-5-15(13)28-2/h4-5,8-9,12H,3,6-7,10H2,1-2H3,(H3,21,22,23,24). The van der Waals surface area contributed by atoms with E-state index in [4.69, 9.17) is 15.2 Å². The van der Waals surface area contributed by atoms with E-state index in [9.17, 15) is 14.0 Å². The molecular weight excluding hydrogens is 381 g/mol. The Morgan fingerprint density at radius 1 is 1.38 bits per heavy atom. The van der Waals surface area contributed by atoms with E-state index < -0.39 is 11.6 Å². The lowest BCUT2D eigenvalue weighted by atomic mass is 10.0. The van der Waals surface area contributed by atoms with Gasteiger partial charge in [-0.1, -0.05) is 0 Å². The van der Waals surface area contributed by atoms with E-state index in [2.05, 4.69) is 15.3 Å². The van der Waals surface area contributed by atoms with Gasteiger partial charge in [-0.25, -0.2) is 14.2 Å². The van der Waals surface area contributed by atoms with Gasteiger partial charge in [-0.15, -0.1) is 0 Å². The van der Waals surface area contributed by atoms with Crippen LogP contribution in [0.3, 0.4) is 0 Å². The molecule has 0 saturated carbocycles. The molecule has 1 unspecified atom stereocenters. The molecule has 0 aliphatic carbocycles. The van der Waals surface area contributed by atoms with Gasteiger partial charge in [-0.05, 0) is 31.5 Å². The SMILES string of the molecule is CCOC(=O)N1CCC(Nc2ncc(C(=O)c3cc(F)ccc3OC)c(N)n2)C1. The number of rotatable bonds is 6. The van der Waals surface area contributed by atoms with Crippen LogP contribution in [0.1, 0.15) is 29.3 Å². The monoisotopic (exact) mass is 403 g/mol. The number of carbonyl (C=O) groups excluding carboxylic acids is 2. The number of ketones is 1. The van der Waals surface area contributed by atoms with Gasteiger partial charge in [0.15, 0.2) is 0 Å². The molecule has 10 heteroatoms. The summed E-state index contributed by atoms with van der Waals surface area (Å²) in [5.41, 5.74) is 6.02. The third-order valence-electron chi connectivity index (χ3n) is 4.52. The third kappa shape index (κ3) is 4.53. The van der Waals surface area contributed by atoms with Gasteiger partial charge in [0.05, 0.1) is 24.8 Å². The second-order valence-corrected chi connectivity index (χ2v) is 6.44. The van der Waals surface area contributed by atoms with Crippen molar-refractivity contribution in [2.45, 2.75) is 19.4 Å². The van der Waals surface area contributed by atoms with E-state index in [-0.39, 0.29) is 40.8 Å². The molecule has 1 atom stereocenters. The Morgan fingerprint density at radius 3 is 2.86 bits per heavy atom. The van der Waals surface area contributed by atoms with Crippen molar-refractivity contribution in [2.75, 3.05) is 37.9 Å². The van der Waals surface area contributed by atoms with Gasteiger partial charge in [0.1, 0.15) is 17.4 Å². The number of hydrogen-bond donors (Lipinski definition) is 2. The molecule has 1 aromatic carbocycles. The second kappa shape index (κ2) is 8.72. The van der Waals surface area contributed by atoms with Crippen molar-refractivity contribution < 1.29 is 23.5 Å². The number of benzene rings is 1. The van der Waals surface area contributed by atoms with E-state index in [1.54, 1.807) is 11.8 Å². The molecule has 1 aliphatic heterocycles. The largest absolute Gasteiger partial charge is 0.496 e. The van der Waals surface area contributed by atoms with Gasteiger partial charge in [0, 0.05) is 25.3 Å². The Hall–Kier alpha value is -3.43. The fourth-order valence-electron chi connectivity index (χ4n) is 3.08. The van der Waals surface area contributed by atoms with E-state index in [1.807, 2.05) is 0 Å². The number of anilines is 2. The lowest BCUT2D eigenvalue weighted by Gasteiger charge is -2.16. The van der Waals surface area contributed by atoms with E-state index >= 15 is 0 Å². The van der Waals surface area contributed by atoms with Crippen LogP contribution >= 0.6 is 0 Å². The number of aromatic nitrogens is 2. The van der Waals surface area contributed by atoms with Crippen LogP contribution in [0.4, 0.5) is 21.0 Å². The third-order valence-corrected chi connectivity index (χ3v) is 4.52. The van der Waals surface area contributed by atoms with Gasteiger partial charge < -0.3 is 25.4 Å². The van der Waals surface area contributed by atoms with Gasteiger partial charge in [-0.2, -0.15) is 4.98 Å². The first kappa shape index (κ1) is 20.3. The molecule has 1 amide bonds. The Bertz CT molecular complexity index is 923. The minimum absolute atomic E-state index is 0.0318. The highest BCUT2D eigenvalue weighted by Gasteiger charge is 2.28. The maximum atomic E-state index is 13.6. The molecule has 3 N–H and O–H groups in total. The van der Waals surface area contributed by atoms with Crippen LogP contribution in [0.5, 0.6) is 5.75 Å². The highest BCUT2D eigenvalue weighted by Crippen LogP contribution is 2.25. The highest BCUT2D eigenvalue weighted by molar-refractivity contribution is 6.13. The van der Waals surface area contributed by atoms with Gasteiger partial charge in [-0.3, -0.25) is 4.79 Å². The van der Waals surface area contributed by atoms with Crippen LogP contribution in [-0.4, -0.2) is 59.6 Å². The fourth-order valence-corrected chi connectivity index (χ4v) is 3.08. The van der Waals surface area contributed by atoms with Crippen molar-refractivity contribution in [1.82, 2.24) is 14.9 Å². The van der Waals surface area contributed by atoms with Crippen LogP contribution in [0, 0.1) is 5.82 Å². The van der Waals surface area contributed by atoms with Crippen molar-refractivity contribution in [1.29, 1.82) is 0 Å². The Kier molecular flexibility index (Phi) is 6.10. The highest BCUT2D eigenvalue weighted by atomic mass is 19.1. The molecule has 3 rings (SSSR count). The summed E-state index contributed by atoms with van der Waals surface area (Å²) in [4.78, 5) is 34.4. The van der Waals surface area contributed by atoms with Gasteiger partial charge in [0.25, 0.3) is 0 Å². The summed E-state index contributed by atoms with van der Waals surface area (Å²) >= 11 is 0. The molecule has 29 heavy (non-hydrogen) atoms. The number of nitrogen functional groups attached to an aromatic ring is 1. The molecule has 0 spiro atoms. The van der Waals surface area contributed by atoms with Crippen LogP contribution in [0.25, 0.3) is 0 Å². The maximum absolute atomic E-state index is 13.6. The zero-order valence-electron chi connectivity index (χ0n) is 16.1. The average molecular weight is 403 g/mol. The Morgan fingerprint density at radius 2 is 2.17 bits per heavy atom. The summed E-state index contributed by atoms with van der Waals surface area (Å²) in [7, 11) is 1.39. The molecule has 1 aromatic heterocycles. The number of amides is 1. The predicted octanol–water partition coefficient (Wildman–Crippen LogP) is 2.08. The number of nitrogens with one attached hydrogen (secondary N) is 1. The van der Waals surface area contributed by atoms with Gasteiger partial charge in [0.2, 0.25) is 11.7 Å². The van der Waals surface area contributed by atoms with Crippen molar-refractivity contribution in [3.63, 3.8) is 0 Å². The summed E-state index contributed by atoms with van der Waals surface area (Å²) in [5, 5.41) is 3.10. The number of ether oxygens (including phenoxy) is 2. The molecular formula is C19H22FN5O4. The lowest BCUT2D eigenvalue weighted by molar-refractivity contribution is 0.103. The average Bonchev–Trinajstić information content (AvgIpc) is 3.16. The lowest BCUT2D eigenvalue weighted by Crippen LogP contribution is -2.32. The summed E-state index contributed by atoms with van der Waals surface area (Å²) in [6, 6.07) is 3.58. The number of nitrogens with two attached hydrogens (primary N) is 1. The van der Waals surface area contributed by atoms with E-state index in [0.29, 0.717) is 26.1 Å². The van der Waals surface area contributed by atoms with Crippen molar-refractivity contribution in [2.24, 2.45) is 0 Å². The van der Waals surface area contributed by atoms with Crippen LogP contribution < -0.4 is 15.8 Å². The number of methoxy groups -OCH3 is 1. The number of likely N-dealkylation sites (tertiary alicyclic amines) is 1. The van der Waals surface area contributed by atoms with Crippen molar-refractivity contribution in [3.05, 3.63) is 41.3 Å². The topological polar surface area (TPSA) is 120 Å². The van der Waals surface area contributed by atoms with Crippen molar-refractivity contribution >= 4 is 23.6 Å². The minimum Gasteiger partial charge on any atom is -0.496 e. The Labute approximate surface area is 167 Å². The smallest absolute Gasteiger partial charge is 0.409 e. The van der Waals surface area contributed by atoms with Crippen LogP contribution in [-0.2, 0) is 4.74 Å². The molecule has 2 heterocycles. The first-order chi connectivity index (χ1) is 13.9. The predicted molar refractivity (Wildman–Crippen MR) is 103 cm³/mol. The molecule has 1 saturated heterocycles. The molecule has 0 bridgehead atoms. The summed E-state index contributed by atoms with van der Waals surface area (Å²) in [6.07, 6.45) is 1.63. The quantitative estimate of drug-likeness (QED) is 0.704. The minimum atomic E-state index is -0.570. The van der Waals surface area contributed by atoms with Crippen LogP contribution in [0.2, 0.25) is 0 Å². The summed E-state index contributed by atoms with van der Waals surface area (Å²) in [6.45, 7) is 3.08. The molecule has 1 fully saturated rings. The van der Waals surface area contributed by atoms with E-state index in [1.165, 1.54) is 25.4 Å². The van der Waals surface area contributed by atoms with Gasteiger partial charge >= 0.3 is 6.09 Å². The number of carbonyl (C=O) groups is 2. The first-order valence-corrected chi connectivity index (χ1v) is 9.12. The zero-order valence-corrected chi connectivity index (χ0v) is 16.1. The summed E-state index contributed by atoms with van der Waals surface area (Å²) < 4.78 is 23.7. The zero-order chi connectivity index (χ0) is 21.0. The first-order valence-electron chi connectivity index (χ1n) is 9.12. The molecule has 154 valence electrons. The Balaban J connectivity index is 1.72. The van der Waals surface area contributed by atoms with E-state index in [0.717, 1.165) is 6.07 Å². The molecule has 1 aliphatic rings. The van der Waals surface area contributed by atoms with Crippen LogP contribution in [0.15, 0.2) is 24.4 Å². The fraction of sp³-hybridized carbons (Fsp3) is 0.368. The summed E-state index contributed by atoms with van der Waals surface area (Å²) in [5.74, 6) is -0.692. The molecule has 9 nitrogen and oxygen atoms in total. The second-order valence-electron chi connectivity index (χ2n) is 6.44. The van der Waals surface area contributed by atoms with Crippen molar-refractivity contribution in [3.8, 4) is 5.75 Å². The maximum Gasteiger partial charge on any atom is 0.409 e. The number of hydrogen-bond acceptors (Lipinski definition) is 8. The number of nitrogens with zero attached hydrogens (tertiary/aromatic N) is 3. The molecule has 2 aromatic rings. The number of halogens is 1.